The molecule has 0 aliphatic heterocycles. The number of amides is 2. The third kappa shape index (κ3) is 7.46. The Hall–Kier alpha value is -1.56. The second-order valence-corrected chi connectivity index (χ2v) is 4.27. The van der Waals surface area contributed by atoms with Gasteiger partial charge in [-0.1, -0.05) is 20.4 Å². The lowest BCUT2D eigenvalue weighted by atomic mass is 10.4. The van der Waals surface area contributed by atoms with Gasteiger partial charge < -0.3 is 20.3 Å². The molecule has 0 aliphatic carbocycles. The van der Waals surface area contributed by atoms with E-state index in [0.717, 1.165) is 19.6 Å². The highest BCUT2D eigenvalue weighted by atomic mass is 16.5. The Bertz CT molecular complexity index is 314. The number of esters is 1. The van der Waals surface area contributed by atoms with Crippen molar-refractivity contribution in [2.75, 3.05) is 39.3 Å². The van der Waals surface area contributed by atoms with Crippen molar-refractivity contribution in [1.82, 2.24) is 9.80 Å². The SMILES string of the molecule is C=C(C)C(=O)OCCN(CCN(CC)CC)C(N)=O. The molecular formula is C13H25N3O3. The van der Waals surface area contributed by atoms with Crippen LogP contribution in [-0.2, 0) is 9.53 Å². The van der Waals surface area contributed by atoms with Crippen molar-refractivity contribution in [3.05, 3.63) is 12.2 Å². The summed E-state index contributed by atoms with van der Waals surface area (Å²) in [5.41, 5.74) is 5.63. The predicted molar refractivity (Wildman–Crippen MR) is 74.7 cm³/mol. The number of ether oxygens (including phenoxy) is 1. The van der Waals surface area contributed by atoms with Gasteiger partial charge in [0.1, 0.15) is 6.61 Å². The molecule has 0 heterocycles. The minimum Gasteiger partial charge on any atom is -0.460 e. The molecule has 0 radical (unpaired) electrons. The van der Waals surface area contributed by atoms with Gasteiger partial charge in [-0.3, -0.25) is 0 Å². The number of primary amides is 1. The molecule has 0 aromatic heterocycles. The normalized spacial score (nSPS) is 10.3. The van der Waals surface area contributed by atoms with Crippen molar-refractivity contribution < 1.29 is 14.3 Å². The summed E-state index contributed by atoms with van der Waals surface area (Å²) in [6.45, 7) is 12.8. The fourth-order valence-electron chi connectivity index (χ4n) is 1.51. The minimum atomic E-state index is -0.501. The zero-order chi connectivity index (χ0) is 14.8. The molecule has 2 amide bonds. The summed E-state index contributed by atoms with van der Waals surface area (Å²) in [7, 11) is 0. The van der Waals surface area contributed by atoms with Gasteiger partial charge in [-0.05, 0) is 20.0 Å². The average Bonchev–Trinajstić information content (AvgIpc) is 2.36. The summed E-state index contributed by atoms with van der Waals surface area (Å²) in [6, 6.07) is -0.501. The summed E-state index contributed by atoms with van der Waals surface area (Å²) in [5.74, 6) is -0.451. The van der Waals surface area contributed by atoms with Gasteiger partial charge in [0, 0.05) is 18.7 Å². The summed E-state index contributed by atoms with van der Waals surface area (Å²) >= 11 is 0. The quantitative estimate of drug-likeness (QED) is 0.498. The van der Waals surface area contributed by atoms with Gasteiger partial charge in [-0.2, -0.15) is 0 Å². The smallest absolute Gasteiger partial charge is 0.333 e. The number of hydrogen-bond acceptors (Lipinski definition) is 4. The van der Waals surface area contributed by atoms with E-state index in [4.69, 9.17) is 10.5 Å². The molecule has 0 saturated carbocycles. The van der Waals surface area contributed by atoms with Crippen molar-refractivity contribution in [2.45, 2.75) is 20.8 Å². The number of carbonyl (C=O) groups excluding carboxylic acids is 2. The maximum Gasteiger partial charge on any atom is 0.333 e. The van der Waals surface area contributed by atoms with Crippen LogP contribution in [0.4, 0.5) is 4.79 Å². The van der Waals surface area contributed by atoms with E-state index >= 15 is 0 Å². The lowest BCUT2D eigenvalue weighted by Gasteiger charge is -2.24. The van der Waals surface area contributed by atoms with Gasteiger partial charge in [-0.15, -0.1) is 0 Å². The second kappa shape index (κ2) is 9.38. The zero-order valence-corrected chi connectivity index (χ0v) is 12.1. The number of likely N-dealkylation sites (N-methyl/N-ethyl adjacent to an activating group) is 1. The fourth-order valence-corrected chi connectivity index (χ4v) is 1.51. The van der Waals surface area contributed by atoms with Crippen molar-refractivity contribution in [2.24, 2.45) is 5.73 Å². The zero-order valence-electron chi connectivity index (χ0n) is 12.1. The Morgan fingerprint density at radius 2 is 1.74 bits per heavy atom. The first-order valence-electron chi connectivity index (χ1n) is 6.51. The second-order valence-electron chi connectivity index (χ2n) is 4.27. The van der Waals surface area contributed by atoms with Crippen LogP contribution in [0.1, 0.15) is 20.8 Å². The van der Waals surface area contributed by atoms with Gasteiger partial charge in [0.2, 0.25) is 0 Å². The number of urea groups is 1. The molecule has 6 heteroatoms. The van der Waals surface area contributed by atoms with Gasteiger partial charge in [-0.25, -0.2) is 9.59 Å². The molecule has 0 spiro atoms. The Morgan fingerprint density at radius 1 is 1.16 bits per heavy atom. The fraction of sp³-hybridized carbons (Fsp3) is 0.692. The van der Waals surface area contributed by atoms with E-state index < -0.39 is 12.0 Å². The average molecular weight is 271 g/mol. The van der Waals surface area contributed by atoms with Crippen molar-refractivity contribution in [1.29, 1.82) is 0 Å². The Labute approximate surface area is 115 Å². The Balaban J connectivity index is 4.09. The molecule has 19 heavy (non-hydrogen) atoms. The number of nitrogens with zero attached hydrogens (tertiary/aromatic N) is 2. The van der Waals surface area contributed by atoms with Crippen LogP contribution in [0.2, 0.25) is 0 Å². The highest BCUT2D eigenvalue weighted by molar-refractivity contribution is 5.86. The summed E-state index contributed by atoms with van der Waals surface area (Å²) in [4.78, 5) is 26.1. The molecule has 0 unspecified atom stereocenters. The topological polar surface area (TPSA) is 75.9 Å². The van der Waals surface area contributed by atoms with Crippen molar-refractivity contribution in [3.63, 3.8) is 0 Å². The molecule has 0 rings (SSSR count). The van der Waals surface area contributed by atoms with Crippen molar-refractivity contribution in [3.8, 4) is 0 Å². The van der Waals surface area contributed by atoms with Crippen molar-refractivity contribution >= 4 is 12.0 Å². The highest BCUT2D eigenvalue weighted by Crippen LogP contribution is 1.95. The Kier molecular flexibility index (Phi) is 8.61. The van der Waals surface area contributed by atoms with Crippen LogP contribution in [0.5, 0.6) is 0 Å². The van der Waals surface area contributed by atoms with E-state index in [2.05, 4.69) is 25.3 Å². The van der Waals surface area contributed by atoms with E-state index in [-0.39, 0.29) is 6.61 Å². The highest BCUT2D eigenvalue weighted by Gasteiger charge is 2.12. The summed E-state index contributed by atoms with van der Waals surface area (Å²) < 4.78 is 4.94. The molecule has 6 nitrogen and oxygen atoms in total. The summed E-state index contributed by atoms with van der Waals surface area (Å²) in [5, 5.41) is 0. The maximum absolute atomic E-state index is 11.3. The van der Waals surface area contributed by atoms with Gasteiger partial charge in [0.05, 0.1) is 6.54 Å². The van der Waals surface area contributed by atoms with Crippen LogP contribution >= 0.6 is 0 Å². The summed E-state index contributed by atoms with van der Waals surface area (Å²) in [6.07, 6.45) is 0. The molecular weight excluding hydrogens is 246 g/mol. The lowest BCUT2D eigenvalue weighted by Crippen LogP contribution is -2.43. The van der Waals surface area contributed by atoms with E-state index in [1.165, 1.54) is 4.90 Å². The first-order chi connectivity index (χ1) is 8.92. The molecule has 0 fully saturated rings. The number of nitrogens with two attached hydrogens (primary N) is 1. The maximum atomic E-state index is 11.3. The standard InChI is InChI=1S/C13H25N3O3/c1-5-15(6-2)7-8-16(13(14)18)9-10-19-12(17)11(3)4/h3,5-10H2,1-2,4H3,(H2,14,18). The molecule has 0 bridgehead atoms. The van der Waals surface area contributed by atoms with Crippen LogP contribution in [0.15, 0.2) is 12.2 Å². The molecule has 2 N–H and O–H groups in total. The van der Waals surface area contributed by atoms with Crippen LogP contribution in [-0.4, -0.2) is 61.1 Å². The van der Waals surface area contributed by atoms with Gasteiger partial charge in [0.15, 0.2) is 0 Å². The lowest BCUT2D eigenvalue weighted by molar-refractivity contribution is -0.139. The van der Waals surface area contributed by atoms with Gasteiger partial charge in [0.25, 0.3) is 0 Å². The molecule has 0 aromatic rings. The van der Waals surface area contributed by atoms with E-state index in [1.807, 2.05) is 0 Å². The third-order valence-corrected chi connectivity index (χ3v) is 2.84. The number of rotatable bonds is 9. The van der Waals surface area contributed by atoms with Crippen LogP contribution in [0, 0.1) is 0 Å². The predicted octanol–water partition coefficient (Wildman–Crippen LogP) is 0.828. The molecule has 0 aliphatic rings. The number of carbonyl (C=O) groups is 2. The largest absolute Gasteiger partial charge is 0.460 e. The minimum absolute atomic E-state index is 0.132. The van der Waals surface area contributed by atoms with Crippen LogP contribution < -0.4 is 5.73 Å². The number of hydrogen-bond donors (Lipinski definition) is 1. The van der Waals surface area contributed by atoms with E-state index in [1.54, 1.807) is 6.92 Å². The van der Waals surface area contributed by atoms with Gasteiger partial charge >= 0.3 is 12.0 Å². The first kappa shape index (κ1) is 17.4. The third-order valence-electron chi connectivity index (χ3n) is 2.84. The van der Waals surface area contributed by atoms with E-state index in [0.29, 0.717) is 18.7 Å². The molecule has 110 valence electrons. The Morgan fingerprint density at radius 3 is 2.16 bits per heavy atom. The molecule has 0 saturated heterocycles. The first-order valence-corrected chi connectivity index (χ1v) is 6.51. The van der Waals surface area contributed by atoms with E-state index in [9.17, 15) is 9.59 Å². The van der Waals surface area contributed by atoms with Crippen LogP contribution in [0.3, 0.4) is 0 Å². The molecule has 0 atom stereocenters. The van der Waals surface area contributed by atoms with Crippen LogP contribution in [0.25, 0.3) is 0 Å². The molecule has 0 aromatic carbocycles. The monoisotopic (exact) mass is 271 g/mol.